The number of carbonyl (C=O) groups is 4. The second-order valence-corrected chi connectivity index (χ2v) is 36.2. The number of rotatable bonds is 85. The maximum absolute atomic E-state index is 13.2. The van der Waals surface area contributed by atoms with Crippen molar-refractivity contribution in [2.45, 2.75) is 478 Å². The first kappa shape index (κ1) is 105. The van der Waals surface area contributed by atoms with E-state index in [2.05, 4.69) is 55.4 Å². The van der Waals surface area contributed by atoms with Crippen molar-refractivity contribution in [3.8, 4) is 0 Å². The quantitative estimate of drug-likeness (QED) is 0.0222. The molecular formula is C88H172O17P2. The number of carbonyl (C=O) groups excluding carboxylic acids is 4. The lowest BCUT2D eigenvalue weighted by Crippen LogP contribution is -2.30. The van der Waals surface area contributed by atoms with E-state index in [1.807, 2.05) is 0 Å². The van der Waals surface area contributed by atoms with Crippen LogP contribution in [0.15, 0.2) is 0 Å². The number of phosphoric acid groups is 2. The molecular weight excluding hydrogens is 1390 g/mol. The molecule has 0 fully saturated rings. The Morgan fingerprint density at radius 1 is 0.262 bits per heavy atom. The summed E-state index contributed by atoms with van der Waals surface area (Å²) >= 11 is 0. The predicted molar refractivity (Wildman–Crippen MR) is 441 cm³/mol. The number of esters is 4. The summed E-state index contributed by atoms with van der Waals surface area (Å²) in [6.45, 7) is 14.4. The van der Waals surface area contributed by atoms with E-state index >= 15 is 0 Å². The highest BCUT2D eigenvalue weighted by atomic mass is 31.2. The van der Waals surface area contributed by atoms with E-state index in [0.717, 1.165) is 114 Å². The zero-order valence-electron chi connectivity index (χ0n) is 70.8. The molecule has 0 rings (SSSR count). The third kappa shape index (κ3) is 80.5. The summed E-state index contributed by atoms with van der Waals surface area (Å²) in [5.74, 6) is 1.09. The van der Waals surface area contributed by atoms with Crippen LogP contribution >= 0.6 is 15.6 Å². The van der Waals surface area contributed by atoms with Gasteiger partial charge >= 0.3 is 39.5 Å². The van der Waals surface area contributed by atoms with Gasteiger partial charge in [-0.1, -0.05) is 409 Å². The van der Waals surface area contributed by atoms with Gasteiger partial charge in [0.25, 0.3) is 0 Å². The lowest BCUT2D eigenvalue weighted by Gasteiger charge is -2.21. The first-order valence-electron chi connectivity index (χ1n) is 45.2. The van der Waals surface area contributed by atoms with Crippen molar-refractivity contribution in [2.24, 2.45) is 23.7 Å². The standard InChI is InChI=1S/C88H172O17P2/c1-9-81(8)67-59-51-43-35-25-21-17-12-10-11-13-19-23-27-38-46-54-62-70-87(92)104-83(74-98-85(90)68-60-52-44-36-26-22-18-15-14-16-20-24-32-40-48-56-64-78(2)3)76-102-106(94,95)100-72-82(89)73-101-107(96,97)103-77-84(105-88(93)71-63-55-47-39-31-29-34-42-50-58-66-80(6)7)75-99-86(91)69-61-53-45-37-30-28-33-41-49-57-65-79(4)5/h78-84,89H,9-77H2,1-8H3,(H,94,95)(H,96,97)/t81?,82-,83-,84-/m1/s1. The number of unbranched alkanes of at least 4 members (excludes halogenated alkanes) is 50. The normalized spacial score (nSPS) is 14.1. The zero-order chi connectivity index (χ0) is 78.8. The number of aliphatic hydroxyl groups excluding tert-OH is 1. The van der Waals surface area contributed by atoms with E-state index in [-0.39, 0.29) is 25.7 Å². The number of hydrogen-bond donors (Lipinski definition) is 3. The molecule has 107 heavy (non-hydrogen) atoms. The molecule has 0 aromatic heterocycles. The van der Waals surface area contributed by atoms with Crippen molar-refractivity contribution in [3.05, 3.63) is 0 Å². The Hall–Kier alpha value is -1.94. The van der Waals surface area contributed by atoms with E-state index in [4.69, 9.17) is 37.0 Å². The maximum Gasteiger partial charge on any atom is 0.472 e. The van der Waals surface area contributed by atoms with E-state index in [9.17, 15) is 43.2 Å². The molecule has 0 aromatic rings. The minimum atomic E-state index is -4.97. The lowest BCUT2D eigenvalue weighted by atomic mass is 9.99. The fourth-order valence-corrected chi connectivity index (χ4v) is 15.2. The van der Waals surface area contributed by atoms with Crippen molar-refractivity contribution in [1.82, 2.24) is 0 Å². The van der Waals surface area contributed by atoms with E-state index in [1.165, 1.54) is 263 Å². The summed E-state index contributed by atoms with van der Waals surface area (Å²) in [7, 11) is -9.93. The van der Waals surface area contributed by atoms with Gasteiger partial charge in [0.05, 0.1) is 26.4 Å². The summed E-state index contributed by atoms with van der Waals surface area (Å²) in [6.07, 6.45) is 66.6. The molecule has 0 aliphatic carbocycles. The SMILES string of the molecule is CCC(C)CCCCCCCCCCCCCCCCCCCCC(=O)O[C@H](COC(=O)CCCCCCCCCCCCCCCCCCC(C)C)COP(=O)(O)OC[C@@H](O)COP(=O)(O)OC[C@@H](COC(=O)CCCCCCCCCCCCC(C)C)OC(=O)CCCCCCCCCCCCC(C)C. The van der Waals surface area contributed by atoms with E-state index < -0.39 is 97.5 Å². The first-order chi connectivity index (χ1) is 51.6. The number of aliphatic hydroxyl groups is 1. The Balaban J connectivity index is 5.24. The van der Waals surface area contributed by atoms with Gasteiger partial charge in [0.1, 0.15) is 19.3 Å². The highest BCUT2D eigenvalue weighted by Crippen LogP contribution is 2.45. The average molecular weight is 1560 g/mol. The molecule has 0 heterocycles. The second-order valence-electron chi connectivity index (χ2n) is 33.3. The van der Waals surface area contributed by atoms with Crippen LogP contribution in [0.2, 0.25) is 0 Å². The van der Waals surface area contributed by atoms with Gasteiger partial charge in [0.2, 0.25) is 0 Å². The third-order valence-corrected chi connectivity index (χ3v) is 22.8. The molecule has 0 aromatic carbocycles. The Labute approximate surface area is 658 Å². The van der Waals surface area contributed by atoms with Crippen LogP contribution in [0, 0.1) is 23.7 Å². The summed E-state index contributed by atoms with van der Waals surface area (Å²) < 4.78 is 69.0. The summed E-state index contributed by atoms with van der Waals surface area (Å²) in [5, 5.41) is 10.7. The Kier molecular flexibility index (Phi) is 75.3. The van der Waals surface area contributed by atoms with Crippen LogP contribution in [-0.4, -0.2) is 96.7 Å². The summed E-state index contributed by atoms with van der Waals surface area (Å²) in [4.78, 5) is 73.3. The van der Waals surface area contributed by atoms with Gasteiger partial charge in [-0.2, -0.15) is 0 Å². The molecule has 0 amide bonds. The van der Waals surface area contributed by atoms with Crippen LogP contribution in [0.25, 0.3) is 0 Å². The minimum absolute atomic E-state index is 0.106. The predicted octanol–water partition coefficient (Wildman–Crippen LogP) is 26.7. The first-order valence-corrected chi connectivity index (χ1v) is 48.2. The molecule has 0 saturated carbocycles. The molecule has 19 heteroatoms. The Morgan fingerprint density at radius 2 is 0.449 bits per heavy atom. The maximum atomic E-state index is 13.2. The fraction of sp³-hybridized carbons (Fsp3) is 0.955. The van der Waals surface area contributed by atoms with Crippen LogP contribution in [0.1, 0.15) is 460 Å². The van der Waals surface area contributed by atoms with Crippen molar-refractivity contribution in [1.29, 1.82) is 0 Å². The van der Waals surface area contributed by atoms with Crippen LogP contribution in [0.3, 0.4) is 0 Å². The molecule has 6 atom stereocenters. The number of phosphoric ester groups is 2. The van der Waals surface area contributed by atoms with E-state index in [1.54, 1.807) is 0 Å². The van der Waals surface area contributed by atoms with Gasteiger partial charge in [0.15, 0.2) is 12.2 Å². The average Bonchev–Trinajstić information content (AvgIpc) is 0.903. The number of ether oxygens (including phenoxy) is 4. The van der Waals surface area contributed by atoms with Crippen molar-refractivity contribution >= 4 is 39.5 Å². The molecule has 0 radical (unpaired) electrons. The molecule has 0 aliphatic rings. The van der Waals surface area contributed by atoms with Gasteiger partial charge in [-0.15, -0.1) is 0 Å². The van der Waals surface area contributed by atoms with Crippen molar-refractivity contribution < 1.29 is 80.2 Å². The molecule has 0 saturated heterocycles. The smallest absolute Gasteiger partial charge is 0.462 e. The van der Waals surface area contributed by atoms with Crippen LogP contribution in [0.4, 0.5) is 0 Å². The van der Waals surface area contributed by atoms with Crippen LogP contribution in [-0.2, 0) is 65.4 Å². The minimum Gasteiger partial charge on any atom is -0.462 e. The zero-order valence-corrected chi connectivity index (χ0v) is 72.6. The van der Waals surface area contributed by atoms with Gasteiger partial charge in [-0.3, -0.25) is 37.3 Å². The van der Waals surface area contributed by atoms with Crippen molar-refractivity contribution in [2.75, 3.05) is 39.6 Å². The molecule has 3 N–H and O–H groups in total. The fourth-order valence-electron chi connectivity index (χ4n) is 13.6. The molecule has 0 spiro atoms. The van der Waals surface area contributed by atoms with Gasteiger partial charge in [-0.25, -0.2) is 9.13 Å². The van der Waals surface area contributed by atoms with Gasteiger partial charge in [0, 0.05) is 25.7 Å². The summed E-state index contributed by atoms with van der Waals surface area (Å²) in [6, 6.07) is 0. The molecule has 3 unspecified atom stereocenters. The van der Waals surface area contributed by atoms with Crippen LogP contribution < -0.4 is 0 Å². The Morgan fingerprint density at radius 3 is 0.664 bits per heavy atom. The highest BCUT2D eigenvalue weighted by Gasteiger charge is 2.31. The van der Waals surface area contributed by atoms with Crippen LogP contribution in [0.5, 0.6) is 0 Å². The van der Waals surface area contributed by atoms with Gasteiger partial charge in [-0.05, 0) is 49.4 Å². The Bertz CT molecular complexity index is 2080. The molecule has 636 valence electrons. The third-order valence-electron chi connectivity index (χ3n) is 20.9. The molecule has 0 aliphatic heterocycles. The van der Waals surface area contributed by atoms with E-state index in [0.29, 0.717) is 25.7 Å². The van der Waals surface area contributed by atoms with Gasteiger partial charge < -0.3 is 33.8 Å². The van der Waals surface area contributed by atoms with Crippen molar-refractivity contribution in [3.63, 3.8) is 0 Å². The number of hydrogen-bond acceptors (Lipinski definition) is 15. The highest BCUT2D eigenvalue weighted by molar-refractivity contribution is 7.47. The summed E-state index contributed by atoms with van der Waals surface area (Å²) in [5.41, 5.74) is 0. The monoisotopic (exact) mass is 1560 g/mol. The molecule has 17 nitrogen and oxygen atoms in total. The largest absolute Gasteiger partial charge is 0.472 e. The molecule has 0 bridgehead atoms. The lowest BCUT2D eigenvalue weighted by molar-refractivity contribution is -0.161. The topological polar surface area (TPSA) is 237 Å². The second kappa shape index (κ2) is 76.7.